The molecule has 1 saturated carbocycles. The van der Waals surface area contributed by atoms with E-state index in [0.29, 0.717) is 30.5 Å². The van der Waals surface area contributed by atoms with Crippen LogP contribution >= 0.6 is 0 Å². The molecule has 1 saturated heterocycles. The fourth-order valence-electron chi connectivity index (χ4n) is 3.28. The molecule has 6 heteroatoms. The van der Waals surface area contributed by atoms with Gasteiger partial charge < -0.3 is 10.2 Å². The van der Waals surface area contributed by atoms with Gasteiger partial charge in [0.25, 0.3) is 5.91 Å². The molecule has 2 heterocycles. The maximum atomic E-state index is 12.8. The molecule has 0 spiro atoms. The fraction of sp³-hybridized carbons (Fsp3) is 0.400. The first kappa shape index (κ1) is 16.7. The number of carbonyl (C=O) groups is 2. The predicted octanol–water partition coefficient (Wildman–Crippen LogP) is 2.27. The molecule has 2 fully saturated rings. The normalized spacial score (nSPS) is 19.8. The lowest BCUT2D eigenvalue weighted by molar-refractivity contribution is -0.126. The lowest BCUT2D eigenvalue weighted by Crippen LogP contribution is -2.45. The highest BCUT2D eigenvalue weighted by atomic mass is 16.2. The molecule has 1 atom stereocenters. The summed E-state index contributed by atoms with van der Waals surface area (Å²) in [6.07, 6.45) is 6.98. The Balaban J connectivity index is 1.42. The van der Waals surface area contributed by atoms with E-state index in [1.54, 1.807) is 17.3 Å². The number of carbonyl (C=O) groups excluding carboxylic acids is 2. The minimum atomic E-state index is -0.113. The quantitative estimate of drug-likeness (QED) is 0.918. The molecule has 1 N–H and O–H groups in total. The molecule has 1 aliphatic heterocycles. The molecule has 2 amide bonds. The number of aromatic nitrogens is 2. The minimum absolute atomic E-state index is 0.0840. The van der Waals surface area contributed by atoms with Crippen molar-refractivity contribution in [2.45, 2.75) is 31.7 Å². The number of nitrogens with one attached hydrogen (secondary N) is 1. The lowest BCUT2D eigenvalue weighted by atomic mass is 9.96. The number of hydrogen-bond donors (Lipinski definition) is 1. The summed E-state index contributed by atoms with van der Waals surface area (Å²) in [6, 6.07) is 10.0. The molecule has 1 aliphatic carbocycles. The molecule has 6 nitrogen and oxygen atoms in total. The van der Waals surface area contributed by atoms with E-state index in [1.807, 2.05) is 30.3 Å². The number of hydrogen-bond acceptors (Lipinski definition) is 4. The Morgan fingerprint density at radius 2 is 1.77 bits per heavy atom. The maximum Gasteiger partial charge on any atom is 0.257 e. The Kier molecular flexibility index (Phi) is 4.65. The molecule has 4 rings (SSSR count). The molecular formula is C20H22N4O2. The minimum Gasteiger partial charge on any atom is -0.353 e. The molecule has 2 aromatic rings. The van der Waals surface area contributed by atoms with Gasteiger partial charge in [0.15, 0.2) is 5.82 Å². The Labute approximate surface area is 152 Å². The van der Waals surface area contributed by atoms with Crippen molar-refractivity contribution in [2.24, 2.45) is 5.92 Å². The van der Waals surface area contributed by atoms with Crippen molar-refractivity contribution < 1.29 is 9.59 Å². The molecule has 134 valence electrons. The summed E-state index contributed by atoms with van der Waals surface area (Å²) in [6.45, 7) is 1.14. The second-order valence-corrected chi connectivity index (χ2v) is 7.03. The SMILES string of the molecule is O=C(NC1CC1)[C@H]1CCCN(C(=O)c2cnc(-c3ccccc3)nc2)C1. The van der Waals surface area contributed by atoms with Crippen molar-refractivity contribution >= 4 is 11.8 Å². The van der Waals surface area contributed by atoms with Gasteiger partial charge in [-0.15, -0.1) is 0 Å². The van der Waals surface area contributed by atoms with E-state index in [9.17, 15) is 9.59 Å². The summed E-state index contributed by atoms with van der Waals surface area (Å²) in [5.41, 5.74) is 1.38. The average Bonchev–Trinajstić information content (AvgIpc) is 3.52. The topological polar surface area (TPSA) is 75.2 Å². The van der Waals surface area contributed by atoms with Crippen LogP contribution < -0.4 is 5.32 Å². The highest BCUT2D eigenvalue weighted by Gasteiger charge is 2.32. The first-order valence-electron chi connectivity index (χ1n) is 9.18. The van der Waals surface area contributed by atoms with Gasteiger partial charge in [-0.1, -0.05) is 30.3 Å². The van der Waals surface area contributed by atoms with Crippen molar-refractivity contribution in [1.29, 1.82) is 0 Å². The van der Waals surface area contributed by atoms with Crippen LogP contribution in [0.15, 0.2) is 42.7 Å². The van der Waals surface area contributed by atoms with Crippen LogP contribution in [0.5, 0.6) is 0 Å². The number of benzene rings is 1. The number of nitrogens with zero attached hydrogens (tertiary/aromatic N) is 3. The lowest BCUT2D eigenvalue weighted by Gasteiger charge is -2.32. The van der Waals surface area contributed by atoms with Crippen LogP contribution in [0.25, 0.3) is 11.4 Å². The van der Waals surface area contributed by atoms with Crippen LogP contribution in [0.4, 0.5) is 0 Å². The number of piperidine rings is 1. The molecular weight excluding hydrogens is 328 g/mol. The summed E-state index contributed by atoms with van der Waals surface area (Å²) < 4.78 is 0. The van der Waals surface area contributed by atoms with Gasteiger partial charge in [-0.25, -0.2) is 9.97 Å². The van der Waals surface area contributed by atoms with E-state index in [1.165, 1.54) is 0 Å². The van der Waals surface area contributed by atoms with Crippen molar-refractivity contribution in [3.63, 3.8) is 0 Å². The third kappa shape index (κ3) is 3.74. The first-order valence-corrected chi connectivity index (χ1v) is 9.18. The summed E-state index contributed by atoms with van der Waals surface area (Å²) in [4.78, 5) is 35.5. The highest BCUT2D eigenvalue weighted by Crippen LogP contribution is 2.23. The molecule has 0 radical (unpaired) electrons. The van der Waals surface area contributed by atoms with Crippen molar-refractivity contribution in [2.75, 3.05) is 13.1 Å². The van der Waals surface area contributed by atoms with E-state index in [-0.39, 0.29) is 17.7 Å². The van der Waals surface area contributed by atoms with Gasteiger partial charge in [0.1, 0.15) is 0 Å². The molecule has 0 unspecified atom stereocenters. The Hall–Kier alpha value is -2.76. The highest BCUT2D eigenvalue weighted by molar-refractivity contribution is 5.94. The molecule has 26 heavy (non-hydrogen) atoms. The van der Waals surface area contributed by atoms with E-state index in [4.69, 9.17) is 0 Å². The van der Waals surface area contributed by atoms with E-state index >= 15 is 0 Å². The van der Waals surface area contributed by atoms with Gasteiger partial charge >= 0.3 is 0 Å². The van der Waals surface area contributed by atoms with E-state index in [0.717, 1.165) is 31.2 Å². The summed E-state index contributed by atoms with van der Waals surface area (Å²) in [7, 11) is 0. The maximum absolute atomic E-state index is 12.8. The largest absolute Gasteiger partial charge is 0.353 e. The predicted molar refractivity (Wildman–Crippen MR) is 97.3 cm³/mol. The Bertz CT molecular complexity index is 787. The van der Waals surface area contributed by atoms with E-state index in [2.05, 4.69) is 15.3 Å². The van der Waals surface area contributed by atoms with Gasteiger partial charge in [0.05, 0.1) is 11.5 Å². The zero-order valence-electron chi connectivity index (χ0n) is 14.6. The van der Waals surface area contributed by atoms with Crippen LogP contribution in [0.2, 0.25) is 0 Å². The van der Waals surface area contributed by atoms with Crippen LogP contribution in [-0.2, 0) is 4.79 Å². The molecule has 1 aromatic heterocycles. The van der Waals surface area contributed by atoms with Crippen molar-refractivity contribution in [3.8, 4) is 11.4 Å². The standard InChI is InChI=1S/C20H22N4O2/c25-19(23-17-8-9-17)15-7-4-10-24(13-15)20(26)16-11-21-18(22-12-16)14-5-2-1-3-6-14/h1-3,5-6,11-12,15,17H,4,7-10,13H2,(H,23,25)/t15-/m0/s1. The second kappa shape index (κ2) is 7.23. The Morgan fingerprint density at radius 3 is 2.46 bits per heavy atom. The van der Waals surface area contributed by atoms with E-state index < -0.39 is 0 Å². The van der Waals surface area contributed by atoms with Gasteiger partial charge in [0.2, 0.25) is 5.91 Å². The summed E-state index contributed by atoms with van der Waals surface area (Å²) in [5, 5.41) is 3.05. The third-order valence-corrected chi connectivity index (χ3v) is 4.93. The smallest absolute Gasteiger partial charge is 0.257 e. The monoisotopic (exact) mass is 350 g/mol. The number of rotatable bonds is 4. The van der Waals surface area contributed by atoms with Crippen molar-refractivity contribution in [1.82, 2.24) is 20.2 Å². The Morgan fingerprint density at radius 1 is 1.04 bits per heavy atom. The summed E-state index contributed by atoms with van der Waals surface area (Å²) >= 11 is 0. The van der Waals surface area contributed by atoms with Crippen LogP contribution in [0.1, 0.15) is 36.0 Å². The first-order chi connectivity index (χ1) is 12.7. The van der Waals surface area contributed by atoms with Crippen LogP contribution in [0, 0.1) is 5.92 Å². The van der Waals surface area contributed by atoms with Gasteiger partial charge in [-0.2, -0.15) is 0 Å². The summed E-state index contributed by atoms with van der Waals surface area (Å²) in [5.74, 6) is 0.467. The fourth-order valence-corrected chi connectivity index (χ4v) is 3.28. The number of likely N-dealkylation sites (tertiary alicyclic amines) is 1. The zero-order valence-corrected chi connectivity index (χ0v) is 14.6. The molecule has 2 aliphatic rings. The van der Waals surface area contributed by atoms with Gasteiger partial charge in [-0.05, 0) is 25.7 Å². The molecule has 0 bridgehead atoms. The average molecular weight is 350 g/mol. The third-order valence-electron chi connectivity index (χ3n) is 4.93. The van der Waals surface area contributed by atoms with Crippen LogP contribution in [0.3, 0.4) is 0 Å². The number of amides is 2. The molecule has 1 aromatic carbocycles. The van der Waals surface area contributed by atoms with Gasteiger partial charge in [-0.3, -0.25) is 9.59 Å². The second-order valence-electron chi connectivity index (χ2n) is 7.03. The van der Waals surface area contributed by atoms with Gasteiger partial charge in [0, 0.05) is 37.1 Å². The van der Waals surface area contributed by atoms with Crippen LogP contribution in [-0.4, -0.2) is 45.8 Å². The van der Waals surface area contributed by atoms with Crippen molar-refractivity contribution in [3.05, 3.63) is 48.3 Å². The zero-order chi connectivity index (χ0) is 17.9.